The lowest BCUT2D eigenvalue weighted by atomic mass is 10.1. The van der Waals surface area contributed by atoms with Crippen molar-refractivity contribution in [1.82, 2.24) is 15.6 Å². The van der Waals surface area contributed by atoms with Gasteiger partial charge in [-0.15, -0.1) is 0 Å². The van der Waals surface area contributed by atoms with Crippen molar-refractivity contribution in [3.63, 3.8) is 0 Å². The first kappa shape index (κ1) is 17.0. The summed E-state index contributed by atoms with van der Waals surface area (Å²) in [5.41, 5.74) is 3.46. The number of rotatable bonds is 8. The largest absolute Gasteiger partial charge is 0.497 e. The van der Waals surface area contributed by atoms with E-state index in [9.17, 15) is 4.79 Å². The van der Waals surface area contributed by atoms with Crippen molar-refractivity contribution in [3.05, 3.63) is 65.9 Å². The molecule has 0 radical (unpaired) electrons. The molecule has 1 amide bonds. The van der Waals surface area contributed by atoms with E-state index < -0.39 is 0 Å². The molecule has 0 saturated heterocycles. The topological polar surface area (TPSA) is 66.2 Å². The first-order valence-corrected chi connectivity index (χ1v) is 8.41. The molecule has 0 aliphatic carbocycles. The Balaban J connectivity index is 1.37. The van der Waals surface area contributed by atoms with Gasteiger partial charge in [0.25, 0.3) is 0 Å². The lowest BCUT2D eigenvalue weighted by Gasteiger charge is -2.07. The number of fused-ring (bicyclic) bond motifs is 1. The van der Waals surface area contributed by atoms with E-state index in [4.69, 9.17) is 4.74 Å². The number of carbonyl (C=O) groups excluding carboxylic acids is 1. The molecule has 0 aliphatic rings. The molecule has 3 aromatic rings. The summed E-state index contributed by atoms with van der Waals surface area (Å²) in [7, 11) is 1.64. The standard InChI is InChI=1S/C20H23N3O2/c1-25-17-8-6-15(7-9-17)12-23-20(24)14-21-11-10-16-13-22-19-5-3-2-4-18(16)19/h2-9,13,21-22H,10-12,14H2,1H3,(H,23,24). The molecule has 0 unspecified atom stereocenters. The van der Waals surface area contributed by atoms with Crippen molar-refractivity contribution in [2.75, 3.05) is 20.2 Å². The van der Waals surface area contributed by atoms with Gasteiger partial charge in [-0.25, -0.2) is 0 Å². The number of nitrogens with one attached hydrogen (secondary N) is 3. The van der Waals surface area contributed by atoms with Crippen molar-refractivity contribution >= 4 is 16.8 Å². The second-order valence-corrected chi connectivity index (χ2v) is 5.91. The maximum Gasteiger partial charge on any atom is 0.234 e. The van der Waals surface area contributed by atoms with E-state index >= 15 is 0 Å². The number of H-pyrrole nitrogens is 1. The number of benzene rings is 2. The minimum absolute atomic E-state index is 0.00487. The van der Waals surface area contributed by atoms with Crippen LogP contribution >= 0.6 is 0 Å². The van der Waals surface area contributed by atoms with Crippen LogP contribution in [0, 0.1) is 0 Å². The number of para-hydroxylation sites is 1. The molecule has 5 nitrogen and oxygen atoms in total. The normalized spacial score (nSPS) is 10.8. The first-order chi connectivity index (χ1) is 12.3. The Morgan fingerprint density at radius 3 is 2.72 bits per heavy atom. The van der Waals surface area contributed by atoms with Gasteiger partial charge >= 0.3 is 0 Å². The average molecular weight is 337 g/mol. The highest BCUT2D eigenvalue weighted by Crippen LogP contribution is 2.17. The summed E-state index contributed by atoms with van der Waals surface area (Å²) in [6, 6.07) is 15.9. The molecule has 2 aromatic carbocycles. The lowest BCUT2D eigenvalue weighted by molar-refractivity contribution is -0.120. The average Bonchev–Trinajstić information content (AvgIpc) is 3.07. The fourth-order valence-corrected chi connectivity index (χ4v) is 2.77. The molecular formula is C20H23N3O2. The third-order valence-corrected chi connectivity index (χ3v) is 4.18. The summed E-state index contributed by atoms with van der Waals surface area (Å²) in [6.07, 6.45) is 2.92. The Hall–Kier alpha value is -2.79. The molecule has 3 N–H and O–H groups in total. The zero-order valence-corrected chi connectivity index (χ0v) is 14.3. The molecule has 130 valence electrons. The van der Waals surface area contributed by atoms with Gasteiger partial charge in [-0.3, -0.25) is 4.79 Å². The van der Waals surface area contributed by atoms with Gasteiger partial charge < -0.3 is 20.4 Å². The van der Waals surface area contributed by atoms with Crippen LogP contribution in [0.4, 0.5) is 0 Å². The highest BCUT2D eigenvalue weighted by molar-refractivity contribution is 5.83. The summed E-state index contributed by atoms with van der Waals surface area (Å²) in [5.74, 6) is 0.809. The number of methoxy groups -OCH3 is 1. The van der Waals surface area contributed by atoms with E-state index in [-0.39, 0.29) is 5.91 Å². The minimum Gasteiger partial charge on any atom is -0.497 e. The van der Waals surface area contributed by atoms with Crippen molar-refractivity contribution in [3.8, 4) is 5.75 Å². The van der Waals surface area contributed by atoms with E-state index in [2.05, 4.69) is 27.8 Å². The number of aromatic nitrogens is 1. The molecule has 0 fully saturated rings. The predicted octanol–water partition coefficient (Wildman–Crippen LogP) is 2.62. The highest BCUT2D eigenvalue weighted by Gasteiger charge is 2.04. The summed E-state index contributed by atoms with van der Waals surface area (Å²) in [5, 5.41) is 7.35. The number of carbonyl (C=O) groups is 1. The Morgan fingerprint density at radius 2 is 1.92 bits per heavy atom. The van der Waals surface area contributed by atoms with Crippen LogP contribution in [-0.2, 0) is 17.8 Å². The van der Waals surface area contributed by atoms with Gasteiger partial charge in [-0.1, -0.05) is 30.3 Å². The SMILES string of the molecule is COc1ccc(CNC(=O)CNCCc2c[nH]c3ccccc23)cc1. The molecule has 25 heavy (non-hydrogen) atoms. The fraction of sp³-hybridized carbons (Fsp3) is 0.250. The van der Waals surface area contributed by atoms with Gasteiger partial charge in [0.15, 0.2) is 0 Å². The Labute approximate surface area is 147 Å². The molecule has 3 rings (SSSR count). The van der Waals surface area contributed by atoms with Crippen LogP contribution in [0.3, 0.4) is 0 Å². The molecule has 0 bridgehead atoms. The van der Waals surface area contributed by atoms with Crippen LogP contribution in [0.15, 0.2) is 54.7 Å². The Kier molecular flexibility index (Phi) is 5.69. The Morgan fingerprint density at radius 1 is 1.12 bits per heavy atom. The second kappa shape index (κ2) is 8.35. The first-order valence-electron chi connectivity index (χ1n) is 8.41. The number of aromatic amines is 1. The zero-order chi connectivity index (χ0) is 17.5. The highest BCUT2D eigenvalue weighted by atomic mass is 16.5. The Bertz CT molecular complexity index is 824. The van der Waals surface area contributed by atoms with Crippen molar-refractivity contribution < 1.29 is 9.53 Å². The van der Waals surface area contributed by atoms with E-state index in [1.54, 1.807) is 7.11 Å². The third kappa shape index (κ3) is 4.61. The number of ether oxygens (including phenoxy) is 1. The quantitative estimate of drug-likeness (QED) is 0.554. The number of hydrogen-bond donors (Lipinski definition) is 3. The van der Waals surface area contributed by atoms with Crippen LogP contribution in [0.2, 0.25) is 0 Å². The molecular weight excluding hydrogens is 314 g/mol. The molecule has 1 heterocycles. The van der Waals surface area contributed by atoms with Gasteiger partial charge in [0, 0.05) is 23.6 Å². The van der Waals surface area contributed by atoms with Gasteiger partial charge in [0.1, 0.15) is 5.75 Å². The number of amides is 1. The van der Waals surface area contributed by atoms with Crippen LogP contribution in [-0.4, -0.2) is 31.1 Å². The molecule has 0 atom stereocenters. The smallest absolute Gasteiger partial charge is 0.234 e. The summed E-state index contributed by atoms with van der Waals surface area (Å²) in [4.78, 5) is 15.2. The van der Waals surface area contributed by atoms with Gasteiger partial charge in [-0.2, -0.15) is 0 Å². The van der Waals surface area contributed by atoms with Crippen molar-refractivity contribution in [1.29, 1.82) is 0 Å². The molecule has 1 aromatic heterocycles. The maximum atomic E-state index is 11.9. The van der Waals surface area contributed by atoms with Crippen molar-refractivity contribution in [2.45, 2.75) is 13.0 Å². The van der Waals surface area contributed by atoms with E-state index in [0.29, 0.717) is 13.1 Å². The molecule has 0 aliphatic heterocycles. The van der Waals surface area contributed by atoms with Crippen LogP contribution in [0.5, 0.6) is 5.75 Å². The lowest BCUT2D eigenvalue weighted by Crippen LogP contribution is -2.34. The predicted molar refractivity (Wildman–Crippen MR) is 99.7 cm³/mol. The second-order valence-electron chi connectivity index (χ2n) is 5.91. The van der Waals surface area contributed by atoms with Gasteiger partial charge in [0.05, 0.1) is 13.7 Å². The third-order valence-electron chi connectivity index (χ3n) is 4.18. The van der Waals surface area contributed by atoms with Crippen molar-refractivity contribution in [2.24, 2.45) is 0 Å². The summed E-state index contributed by atoms with van der Waals surface area (Å²) >= 11 is 0. The van der Waals surface area contributed by atoms with Crippen LogP contribution in [0.25, 0.3) is 10.9 Å². The zero-order valence-electron chi connectivity index (χ0n) is 14.3. The van der Waals surface area contributed by atoms with Crippen LogP contribution < -0.4 is 15.4 Å². The van der Waals surface area contributed by atoms with Gasteiger partial charge in [0.2, 0.25) is 5.91 Å². The fourth-order valence-electron chi connectivity index (χ4n) is 2.77. The maximum absolute atomic E-state index is 11.9. The van der Waals surface area contributed by atoms with Gasteiger partial charge in [-0.05, 0) is 42.3 Å². The van der Waals surface area contributed by atoms with Crippen LogP contribution in [0.1, 0.15) is 11.1 Å². The minimum atomic E-state index is -0.00487. The molecule has 0 saturated carbocycles. The van der Waals surface area contributed by atoms with E-state index in [0.717, 1.165) is 29.8 Å². The molecule has 0 spiro atoms. The number of hydrogen-bond acceptors (Lipinski definition) is 3. The molecule has 5 heteroatoms. The van der Waals surface area contributed by atoms with E-state index in [1.165, 1.54) is 10.9 Å². The van der Waals surface area contributed by atoms with E-state index in [1.807, 2.05) is 42.6 Å². The summed E-state index contributed by atoms with van der Waals surface area (Å²) in [6.45, 7) is 1.60. The summed E-state index contributed by atoms with van der Waals surface area (Å²) < 4.78 is 5.12. The monoisotopic (exact) mass is 337 g/mol.